The topological polar surface area (TPSA) is 67.9 Å². The Morgan fingerprint density at radius 3 is 2.50 bits per heavy atom. The number of ether oxygens (including phenoxy) is 2. The summed E-state index contributed by atoms with van der Waals surface area (Å²) in [6.07, 6.45) is 7.45. The standard InChI is InChI=1S/C28H34N2O4/c1-33-21-15-13-19(14-16-21)26-25(27(31)29-18-22-10-7-17-34-22)23-11-5-6-12-24(23)28(32)30(26)20-8-3-2-4-9-20/h5-6,11-16,20,22,25-26H,2-4,7-10,17-18H2,1H3,(H,29,31)/t22-,25-,26+/m0/s1. The van der Waals surface area contributed by atoms with Crippen LogP contribution in [0.4, 0.5) is 0 Å². The summed E-state index contributed by atoms with van der Waals surface area (Å²) in [5.74, 6) is 0.268. The van der Waals surface area contributed by atoms with Crippen LogP contribution in [0.15, 0.2) is 48.5 Å². The first-order chi connectivity index (χ1) is 16.7. The van der Waals surface area contributed by atoms with Gasteiger partial charge in [-0.3, -0.25) is 9.59 Å². The van der Waals surface area contributed by atoms with Gasteiger partial charge in [0.1, 0.15) is 5.75 Å². The third kappa shape index (κ3) is 4.43. The first-order valence-corrected chi connectivity index (χ1v) is 12.6. The van der Waals surface area contributed by atoms with Gasteiger partial charge in [-0.1, -0.05) is 49.6 Å². The Balaban J connectivity index is 1.56. The number of benzene rings is 2. The second kappa shape index (κ2) is 10.2. The molecule has 1 saturated heterocycles. The second-order valence-electron chi connectivity index (χ2n) is 9.67. The van der Waals surface area contributed by atoms with E-state index in [-0.39, 0.29) is 30.0 Å². The maximum absolute atomic E-state index is 13.9. The van der Waals surface area contributed by atoms with Gasteiger partial charge in [-0.15, -0.1) is 0 Å². The third-order valence-electron chi connectivity index (χ3n) is 7.61. The summed E-state index contributed by atoms with van der Waals surface area (Å²) in [5.41, 5.74) is 2.42. The highest BCUT2D eigenvalue weighted by molar-refractivity contribution is 6.01. The normalized spacial score (nSPS) is 25.1. The lowest BCUT2D eigenvalue weighted by Gasteiger charge is -2.46. The molecule has 2 fully saturated rings. The van der Waals surface area contributed by atoms with E-state index in [0.29, 0.717) is 12.1 Å². The van der Waals surface area contributed by atoms with Crippen LogP contribution < -0.4 is 10.1 Å². The van der Waals surface area contributed by atoms with E-state index in [1.807, 2.05) is 53.4 Å². The van der Waals surface area contributed by atoms with Crippen LogP contribution >= 0.6 is 0 Å². The molecule has 0 aromatic heterocycles. The summed E-state index contributed by atoms with van der Waals surface area (Å²) < 4.78 is 11.1. The predicted octanol–water partition coefficient (Wildman–Crippen LogP) is 4.60. The van der Waals surface area contributed by atoms with Crippen LogP contribution in [0.25, 0.3) is 0 Å². The van der Waals surface area contributed by atoms with E-state index in [2.05, 4.69) is 5.32 Å². The van der Waals surface area contributed by atoms with Gasteiger partial charge in [0, 0.05) is 24.8 Å². The molecule has 2 aromatic rings. The van der Waals surface area contributed by atoms with Crippen molar-refractivity contribution in [3.8, 4) is 5.75 Å². The number of nitrogens with zero attached hydrogens (tertiary/aromatic N) is 1. The Kier molecular flexibility index (Phi) is 6.86. The minimum Gasteiger partial charge on any atom is -0.497 e. The lowest BCUT2D eigenvalue weighted by Crippen LogP contribution is -2.52. The van der Waals surface area contributed by atoms with Crippen molar-refractivity contribution in [3.63, 3.8) is 0 Å². The van der Waals surface area contributed by atoms with E-state index in [9.17, 15) is 9.59 Å². The van der Waals surface area contributed by atoms with Crippen molar-refractivity contribution >= 4 is 11.8 Å². The summed E-state index contributed by atoms with van der Waals surface area (Å²) >= 11 is 0. The highest BCUT2D eigenvalue weighted by atomic mass is 16.5. The second-order valence-corrected chi connectivity index (χ2v) is 9.67. The van der Waals surface area contributed by atoms with Crippen molar-refractivity contribution in [1.29, 1.82) is 0 Å². The number of hydrogen-bond acceptors (Lipinski definition) is 4. The molecule has 1 aliphatic carbocycles. The fourth-order valence-electron chi connectivity index (χ4n) is 5.88. The van der Waals surface area contributed by atoms with Gasteiger partial charge in [0.2, 0.25) is 5.91 Å². The summed E-state index contributed by atoms with van der Waals surface area (Å²) in [4.78, 5) is 29.8. The van der Waals surface area contributed by atoms with Gasteiger partial charge in [-0.05, 0) is 55.0 Å². The monoisotopic (exact) mass is 462 g/mol. The Hall–Kier alpha value is -2.86. The van der Waals surface area contributed by atoms with Gasteiger partial charge < -0.3 is 19.7 Å². The van der Waals surface area contributed by atoms with E-state index >= 15 is 0 Å². The van der Waals surface area contributed by atoms with E-state index in [1.165, 1.54) is 6.42 Å². The SMILES string of the molecule is COc1ccc([C@@H]2[C@@H](C(=O)NC[C@@H]3CCCO3)c3ccccc3C(=O)N2C2CCCCC2)cc1. The van der Waals surface area contributed by atoms with Crippen molar-refractivity contribution in [1.82, 2.24) is 10.2 Å². The maximum Gasteiger partial charge on any atom is 0.254 e. The molecule has 0 bridgehead atoms. The van der Waals surface area contributed by atoms with Crippen LogP contribution in [0, 0.1) is 0 Å². The van der Waals surface area contributed by atoms with Crippen molar-refractivity contribution in [2.75, 3.05) is 20.3 Å². The number of fused-ring (bicyclic) bond motifs is 1. The Bertz CT molecular complexity index is 1010. The van der Waals surface area contributed by atoms with Gasteiger partial charge in [0.05, 0.1) is 25.2 Å². The molecule has 3 atom stereocenters. The van der Waals surface area contributed by atoms with E-state index in [0.717, 1.165) is 62.0 Å². The zero-order chi connectivity index (χ0) is 23.5. The predicted molar refractivity (Wildman–Crippen MR) is 130 cm³/mol. The average Bonchev–Trinajstić information content (AvgIpc) is 3.41. The molecule has 0 unspecified atom stereocenters. The highest BCUT2D eigenvalue weighted by Crippen LogP contribution is 2.46. The Morgan fingerprint density at radius 1 is 1.03 bits per heavy atom. The average molecular weight is 463 g/mol. The van der Waals surface area contributed by atoms with Crippen LogP contribution in [-0.2, 0) is 9.53 Å². The van der Waals surface area contributed by atoms with Crippen LogP contribution in [0.1, 0.15) is 78.4 Å². The molecule has 34 heavy (non-hydrogen) atoms. The third-order valence-corrected chi connectivity index (χ3v) is 7.61. The molecule has 0 spiro atoms. The number of carbonyl (C=O) groups excluding carboxylic acids is 2. The molecule has 3 aliphatic rings. The van der Waals surface area contributed by atoms with Crippen molar-refractivity contribution < 1.29 is 19.1 Å². The van der Waals surface area contributed by atoms with Gasteiger partial charge in [-0.25, -0.2) is 0 Å². The molecule has 180 valence electrons. The first kappa shape index (κ1) is 22.9. The van der Waals surface area contributed by atoms with Crippen LogP contribution in [0.2, 0.25) is 0 Å². The van der Waals surface area contributed by atoms with Gasteiger partial charge in [0.15, 0.2) is 0 Å². The number of nitrogens with one attached hydrogen (secondary N) is 1. The van der Waals surface area contributed by atoms with E-state index < -0.39 is 5.92 Å². The molecule has 6 heteroatoms. The van der Waals surface area contributed by atoms with E-state index in [1.54, 1.807) is 7.11 Å². The lowest BCUT2D eigenvalue weighted by molar-refractivity contribution is -0.125. The molecule has 0 radical (unpaired) electrons. The number of hydrogen-bond donors (Lipinski definition) is 1. The number of methoxy groups -OCH3 is 1. The van der Waals surface area contributed by atoms with Gasteiger partial charge >= 0.3 is 0 Å². The highest BCUT2D eigenvalue weighted by Gasteiger charge is 2.46. The molecule has 5 rings (SSSR count). The molecular formula is C28H34N2O4. The molecule has 2 amide bonds. The fraction of sp³-hybridized carbons (Fsp3) is 0.500. The van der Waals surface area contributed by atoms with Crippen LogP contribution in [-0.4, -0.2) is 49.1 Å². The first-order valence-electron chi connectivity index (χ1n) is 12.6. The minimum atomic E-state index is -0.481. The molecule has 1 N–H and O–H groups in total. The largest absolute Gasteiger partial charge is 0.497 e. The molecule has 1 saturated carbocycles. The van der Waals surface area contributed by atoms with Gasteiger partial charge in [-0.2, -0.15) is 0 Å². The van der Waals surface area contributed by atoms with Crippen molar-refractivity contribution in [3.05, 3.63) is 65.2 Å². The van der Waals surface area contributed by atoms with Gasteiger partial charge in [0.25, 0.3) is 5.91 Å². The summed E-state index contributed by atoms with van der Waals surface area (Å²) in [6.45, 7) is 1.26. The summed E-state index contributed by atoms with van der Waals surface area (Å²) in [5, 5.41) is 3.17. The fourth-order valence-corrected chi connectivity index (χ4v) is 5.88. The zero-order valence-electron chi connectivity index (χ0n) is 19.9. The molecule has 2 aromatic carbocycles. The molecular weight excluding hydrogens is 428 g/mol. The number of carbonyl (C=O) groups is 2. The van der Waals surface area contributed by atoms with Crippen LogP contribution in [0.5, 0.6) is 5.75 Å². The minimum absolute atomic E-state index is 0.0338. The quantitative estimate of drug-likeness (QED) is 0.681. The summed E-state index contributed by atoms with van der Waals surface area (Å²) in [6, 6.07) is 15.2. The van der Waals surface area contributed by atoms with Crippen molar-refractivity contribution in [2.24, 2.45) is 0 Å². The Labute approximate surface area is 201 Å². The van der Waals surface area contributed by atoms with Crippen molar-refractivity contribution in [2.45, 2.75) is 69.1 Å². The molecule has 6 nitrogen and oxygen atoms in total. The zero-order valence-corrected chi connectivity index (χ0v) is 19.9. The van der Waals surface area contributed by atoms with Crippen LogP contribution in [0.3, 0.4) is 0 Å². The molecule has 2 heterocycles. The smallest absolute Gasteiger partial charge is 0.254 e. The summed E-state index contributed by atoms with van der Waals surface area (Å²) in [7, 11) is 1.64. The number of rotatable bonds is 6. The number of amides is 2. The lowest BCUT2D eigenvalue weighted by atomic mass is 9.77. The Morgan fingerprint density at radius 2 is 1.79 bits per heavy atom. The maximum atomic E-state index is 13.9. The molecule has 2 aliphatic heterocycles. The van der Waals surface area contributed by atoms with E-state index in [4.69, 9.17) is 9.47 Å².